The largest absolute Gasteiger partial charge is 0.454 e. The predicted octanol–water partition coefficient (Wildman–Crippen LogP) is 17.4. The van der Waals surface area contributed by atoms with Gasteiger partial charge in [-0.25, -0.2) is 8.78 Å². The molecule has 298 valence electrons. The van der Waals surface area contributed by atoms with Gasteiger partial charge in [-0.2, -0.15) is 0 Å². The van der Waals surface area contributed by atoms with Crippen LogP contribution in [0.15, 0.2) is 203 Å². The predicted molar refractivity (Wildman–Crippen MR) is 258 cm³/mol. The monoisotopic (exact) mass is 834 g/mol. The first-order valence-electron chi connectivity index (χ1n) is 20.8. The van der Waals surface area contributed by atoms with Crippen molar-refractivity contribution in [2.75, 3.05) is 9.80 Å². The fourth-order valence-electron chi connectivity index (χ4n) is 9.53. The van der Waals surface area contributed by atoms with E-state index < -0.39 is 0 Å². The van der Waals surface area contributed by atoms with E-state index in [1.807, 2.05) is 72.8 Å². The molecule has 13 rings (SSSR count). The Bertz CT molecular complexity index is 3700. The van der Waals surface area contributed by atoms with Gasteiger partial charge in [0.2, 0.25) is 0 Å². The number of furan rings is 2. The van der Waals surface area contributed by atoms with Gasteiger partial charge in [0.25, 0.3) is 0 Å². The molecule has 0 saturated heterocycles. The lowest BCUT2D eigenvalue weighted by molar-refractivity contribution is 0.627. The first-order valence-corrected chi connectivity index (χ1v) is 21.6. The van der Waals surface area contributed by atoms with Crippen LogP contribution in [0.5, 0.6) is 0 Å². The second-order valence-corrected chi connectivity index (χ2v) is 17.0. The molecule has 4 nitrogen and oxygen atoms in total. The number of anilines is 6. The molecule has 0 radical (unpaired) electrons. The highest BCUT2D eigenvalue weighted by Gasteiger charge is 2.23. The molecule has 0 amide bonds. The molecule has 0 atom stereocenters. The number of rotatable bonds is 6. The van der Waals surface area contributed by atoms with Gasteiger partial charge in [0.15, 0.2) is 11.2 Å². The van der Waals surface area contributed by atoms with Crippen molar-refractivity contribution in [1.82, 2.24) is 0 Å². The number of para-hydroxylation sites is 4. The van der Waals surface area contributed by atoms with Crippen molar-refractivity contribution in [3.8, 4) is 0 Å². The van der Waals surface area contributed by atoms with E-state index in [9.17, 15) is 8.78 Å². The normalized spacial score (nSPS) is 12.0. The van der Waals surface area contributed by atoms with Crippen molar-refractivity contribution in [1.29, 1.82) is 0 Å². The van der Waals surface area contributed by atoms with Crippen molar-refractivity contribution >= 4 is 131 Å². The van der Waals surface area contributed by atoms with Crippen molar-refractivity contribution in [2.24, 2.45) is 0 Å². The minimum atomic E-state index is -0.294. The smallest absolute Gasteiger partial charge is 0.159 e. The summed E-state index contributed by atoms with van der Waals surface area (Å²) in [6, 6.07) is 63.7. The SMILES string of the molecule is Fc1ccc(N(c2ccc3c(ccc4sc5ccc6cc(N(c7ccc(F)cc7)c7cccc8c7oc7ccccc78)ccc6c5c43)c2)c2cccc3c2oc2ccccc23)cc1. The Balaban J connectivity index is 0.984. The lowest BCUT2D eigenvalue weighted by atomic mass is 9.98. The molecule has 0 aliphatic heterocycles. The van der Waals surface area contributed by atoms with Crippen LogP contribution in [0.1, 0.15) is 0 Å². The van der Waals surface area contributed by atoms with E-state index in [0.29, 0.717) is 0 Å². The van der Waals surface area contributed by atoms with Gasteiger partial charge in [0.1, 0.15) is 22.8 Å². The van der Waals surface area contributed by atoms with Gasteiger partial charge in [0, 0.05) is 64.5 Å². The molecule has 0 spiro atoms. The van der Waals surface area contributed by atoms with E-state index in [0.717, 1.165) is 99.5 Å². The van der Waals surface area contributed by atoms with E-state index >= 15 is 0 Å². The standard InChI is InChI=1S/C56H32F2N2O2S/c57-35-17-21-37(22-18-35)59(47-11-5-9-45-43-7-1-3-13-49(43)61-55(45)47)39-25-27-41-33(31-39)15-29-51-53(41)54-42-28-26-40(32-34(42)16-30-52(54)63-51)60(38-23-19-36(58)20-24-38)48-12-6-10-46-44-8-2-4-14-50(44)62-56(46)48/h1-32H. The maximum Gasteiger partial charge on any atom is 0.159 e. The summed E-state index contributed by atoms with van der Waals surface area (Å²) in [5.74, 6) is -0.589. The zero-order chi connectivity index (χ0) is 41.8. The second kappa shape index (κ2) is 13.8. The Morgan fingerprint density at radius 3 is 1.22 bits per heavy atom. The van der Waals surface area contributed by atoms with Crippen LogP contribution in [-0.2, 0) is 0 Å². The van der Waals surface area contributed by atoms with Crippen LogP contribution < -0.4 is 9.80 Å². The summed E-state index contributed by atoms with van der Waals surface area (Å²) in [6.07, 6.45) is 0. The molecule has 0 fully saturated rings. The van der Waals surface area contributed by atoms with E-state index in [4.69, 9.17) is 8.83 Å². The van der Waals surface area contributed by atoms with Gasteiger partial charge >= 0.3 is 0 Å². The highest BCUT2D eigenvalue weighted by Crippen LogP contribution is 2.48. The Kier molecular flexibility index (Phi) is 7.80. The van der Waals surface area contributed by atoms with Gasteiger partial charge in [-0.3, -0.25) is 0 Å². The summed E-state index contributed by atoms with van der Waals surface area (Å²) < 4.78 is 44.2. The number of benzene rings is 10. The number of halogens is 2. The third-order valence-corrected chi connectivity index (χ3v) is 13.5. The van der Waals surface area contributed by atoms with Gasteiger partial charge in [0.05, 0.1) is 11.4 Å². The van der Waals surface area contributed by atoms with Crippen LogP contribution in [0.3, 0.4) is 0 Å². The summed E-state index contributed by atoms with van der Waals surface area (Å²) in [5.41, 5.74) is 8.38. The fourth-order valence-corrected chi connectivity index (χ4v) is 10.7. The van der Waals surface area contributed by atoms with Crippen LogP contribution in [0, 0.1) is 11.6 Å². The quantitative estimate of drug-likeness (QED) is 0.167. The lowest BCUT2D eigenvalue weighted by Gasteiger charge is -2.26. The highest BCUT2D eigenvalue weighted by atomic mass is 32.1. The van der Waals surface area contributed by atoms with Crippen molar-refractivity contribution < 1.29 is 17.6 Å². The van der Waals surface area contributed by atoms with Crippen LogP contribution in [-0.4, -0.2) is 0 Å². The molecule has 10 aromatic carbocycles. The van der Waals surface area contributed by atoms with E-state index in [-0.39, 0.29) is 11.6 Å². The Morgan fingerprint density at radius 2 is 0.762 bits per heavy atom. The molecular weight excluding hydrogens is 803 g/mol. The van der Waals surface area contributed by atoms with Crippen LogP contribution in [0.4, 0.5) is 42.9 Å². The number of fused-ring (bicyclic) bond motifs is 13. The molecular formula is C56H32F2N2O2S. The number of thiophene rings is 1. The first-order chi connectivity index (χ1) is 31.0. The summed E-state index contributed by atoms with van der Waals surface area (Å²) in [5, 5.41) is 11.0. The molecule has 0 N–H and O–H groups in total. The molecule has 13 aromatic rings. The molecule has 3 aromatic heterocycles. The summed E-state index contributed by atoms with van der Waals surface area (Å²) in [7, 11) is 0. The zero-order valence-electron chi connectivity index (χ0n) is 33.4. The summed E-state index contributed by atoms with van der Waals surface area (Å²) in [6.45, 7) is 0. The maximum atomic E-state index is 14.4. The van der Waals surface area contributed by atoms with E-state index in [1.165, 1.54) is 44.4 Å². The molecule has 0 aliphatic carbocycles. The van der Waals surface area contributed by atoms with Crippen molar-refractivity contribution in [2.45, 2.75) is 0 Å². The average molecular weight is 835 g/mol. The van der Waals surface area contributed by atoms with Gasteiger partial charge in [-0.15, -0.1) is 11.3 Å². The topological polar surface area (TPSA) is 32.8 Å². The molecule has 0 aliphatic rings. The zero-order valence-corrected chi connectivity index (χ0v) is 34.2. The van der Waals surface area contributed by atoms with Crippen LogP contribution in [0.2, 0.25) is 0 Å². The number of hydrogen-bond acceptors (Lipinski definition) is 5. The molecule has 63 heavy (non-hydrogen) atoms. The first kappa shape index (κ1) is 35.7. The fraction of sp³-hybridized carbons (Fsp3) is 0. The third-order valence-electron chi connectivity index (χ3n) is 12.3. The van der Waals surface area contributed by atoms with Gasteiger partial charge in [-0.1, -0.05) is 84.9 Å². The Hall–Kier alpha value is -8.00. The average Bonchev–Trinajstić information content (AvgIpc) is 4.03. The number of hydrogen-bond donors (Lipinski definition) is 0. The molecule has 0 unspecified atom stereocenters. The summed E-state index contributed by atoms with van der Waals surface area (Å²) >= 11 is 1.79. The van der Waals surface area contributed by atoms with E-state index in [1.54, 1.807) is 11.3 Å². The minimum absolute atomic E-state index is 0.294. The Morgan fingerprint density at radius 1 is 0.349 bits per heavy atom. The van der Waals surface area contributed by atoms with Crippen LogP contribution >= 0.6 is 11.3 Å². The van der Waals surface area contributed by atoms with Crippen molar-refractivity contribution in [3.63, 3.8) is 0 Å². The summed E-state index contributed by atoms with van der Waals surface area (Å²) in [4.78, 5) is 4.30. The van der Waals surface area contributed by atoms with Crippen molar-refractivity contribution in [3.05, 3.63) is 206 Å². The van der Waals surface area contributed by atoms with Gasteiger partial charge < -0.3 is 18.6 Å². The lowest BCUT2D eigenvalue weighted by Crippen LogP contribution is -2.10. The maximum absolute atomic E-state index is 14.4. The highest BCUT2D eigenvalue weighted by molar-refractivity contribution is 7.26. The second-order valence-electron chi connectivity index (χ2n) is 15.9. The Labute approximate surface area is 362 Å². The minimum Gasteiger partial charge on any atom is -0.454 e. The number of nitrogens with zero attached hydrogens (tertiary/aromatic N) is 2. The van der Waals surface area contributed by atoms with Crippen LogP contribution in [0.25, 0.3) is 85.6 Å². The molecule has 3 heterocycles. The van der Waals surface area contributed by atoms with E-state index in [2.05, 4.69) is 107 Å². The van der Waals surface area contributed by atoms with Gasteiger partial charge in [-0.05, 0) is 131 Å². The molecule has 0 bridgehead atoms. The third kappa shape index (κ3) is 5.56. The molecule has 0 saturated carbocycles. The molecule has 7 heteroatoms.